The molecule has 0 heterocycles. The van der Waals surface area contributed by atoms with Crippen LogP contribution >= 0.6 is 0 Å². The minimum Gasteiger partial charge on any atom is -0.374 e. The van der Waals surface area contributed by atoms with E-state index in [0.717, 1.165) is 12.1 Å². The van der Waals surface area contributed by atoms with Gasteiger partial charge in [0.05, 0.1) is 0 Å². The topological polar surface area (TPSA) is 44.0 Å². The quantitative estimate of drug-likeness (QED) is 0.800. The molecule has 1 aromatic rings. The second-order valence-corrected chi connectivity index (χ2v) is 3.30. The molecule has 2 N–H and O–H groups in total. The van der Waals surface area contributed by atoms with Crippen LogP contribution in [0.15, 0.2) is 24.3 Å². The molecule has 0 aliphatic rings. The fraction of sp³-hybridized carbons (Fsp3) is 0.400. The van der Waals surface area contributed by atoms with E-state index in [-0.39, 0.29) is 6.54 Å². The molecule has 0 aromatic heterocycles. The monoisotopic (exact) mass is 236 g/mol. The number of hydrogen-bond acceptors (Lipinski definition) is 1. The van der Waals surface area contributed by atoms with Crippen LogP contribution < -0.4 is 5.73 Å². The third kappa shape index (κ3) is 2.17. The van der Waals surface area contributed by atoms with Crippen LogP contribution in [0.1, 0.15) is 11.1 Å². The maximum absolute atomic E-state index is 12.4. The Morgan fingerprint density at radius 2 is 1.50 bits per heavy atom. The van der Waals surface area contributed by atoms with Crippen molar-refractivity contribution in [3.63, 3.8) is 0 Å². The molecule has 1 rings (SSSR count). The van der Waals surface area contributed by atoms with Crippen molar-refractivity contribution in [2.75, 3.05) is 0 Å². The maximum atomic E-state index is 12.4. The number of aliphatic hydroxyl groups is 1. The Morgan fingerprint density at radius 1 is 1.06 bits per heavy atom. The third-order valence-corrected chi connectivity index (χ3v) is 2.29. The normalized spacial score (nSPS) is 12.5. The summed E-state index contributed by atoms with van der Waals surface area (Å²) >= 11 is 0. The molecule has 0 unspecified atom stereocenters. The summed E-state index contributed by atoms with van der Waals surface area (Å²) < 4.78 is 49.7. The van der Waals surface area contributed by atoms with E-state index < -0.39 is 24.0 Å². The van der Waals surface area contributed by atoms with Gasteiger partial charge in [0, 0.05) is 6.54 Å². The van der Waals surface area contributed by atoms with Crippen LogP contribution in [0.5, 0.6) is 0 Å². The second-order valence-electron chi connectivity index (χ2n) is 3.30. The lowest BCUT2D eigenvalue weighted by Crippen LogP contribution is -2.41. The van der Waals surface area contributed by atoms with Crippen LogP contribution in [0.25, 0.3) is 0 Å². The minimum absolute atomic E-state index is 0.0813. The maximum Gasteiger partial charge on any atom is 0.276 e. The van der Waals surface area contributed by atoms with E-state index in [1.54, 1.807) is 0 Å². The van der Waals surface area contributed by atoms with Gasteiger partial charge in [0.25, 0.3) is 12.9 Å². The summed E-state index contributed by atoms with van der Waals surface area (Å²) in [4.78, 5) is 0. The predicted octanol–water partition coefficient (Wildman–Crippen LogP) is 2.19. The molecule has 1 radical (unpaired) electrons. The Bertz CT molecular complexity index is 331. The van der Waals surface area contributed by atoms with Crippen molar-refractivity contribution in [2.24, 2.45) is 0 Å². The van der Waals surface area contributed by atoms with Gasteiger partial charge in [-0.15, -0.1) is 0 Å². The van der Waals surface area contributed by atoms with Crippen LogP contribution in [-0.4, -0.2) is 18.0 Å². The van der Waals surface area contributed by atoms with Crippen molar-refractivity contribution in [3.05, 3.63) is 35.4 Å². The van der Waals surface area contributed by atoms with Gasteiger partial charge in [-0.05, 0) is 11.1 Å². The lowest BCUT2D eigenvalue weighted by molar-refractivity contribution is -0.183. The fourth-order valence-corrected chi connectivity index (χ4v) is 1.24. The van der Waals surface area contributed by atoms with Gasteiger partial charge >= 0.3 is 0 Å². The molecular formula is C10H10F4NO. The molecule has 0 spiro atoms. The summed E-state index contributed by atoms with van der Waals surface area (Å²) in [7, 11) is 0. The summed E-state index contributed by atoms with van der Waals surface area (Å²) in [6.45, 7) is -0.0813. The summed E-state index contributed by atoms with van der Waals surface area (Å²) in [6, 6.07) is 4.50. The van der Waals surface area contributed by atoms with Crippen LogP contribution in [0.2, 0.25) is 0 Å². The van der Waals surface area contributed by atoms with Crippen molar-refractivity contribution >= 4 is 0 Å². The molecule has 0 aliphatic heterocycles. The van der Waals surface area contributed by atoms with Crippen molar-refractivity contribution in [3.8, 4) is 0 Å². The van der Waals surface area contributed by atoms with Gasteiger partial charge in [0.2, 0.25) is 5.60 Å². The van der Waals surface area contributed by atoms with Crippen molar-refractivity contribution in [2.45, 2.75) is 25.0 Å². The molecular weight excluding hydrogens is 226 g/mol. The predicted molar refractivity (Wildman–Crippen MR) is 49.1 cm³/mol. The van der Waals surface area contributed by atoms with Crippen molar-refractivity contribution in [1.82, 2.24) is 5.73 Å². The van der Waals surface area contributed by atoms with Crippen LogP contribution in [0, 0.1) is 0 Å². The largest absolute Gasteiger partial charge is 0.374 e. The number of alkyl halides is 4. The molecule has 2 nitrogen and oxygen atoms in total. The highest BCUT2D eigenvalue weighted by Crippen LogP contribution is 2.34. The van der Waals surface area contributed by atoms with Crippen molar-refractivity contribution in [1.29, 1.82) is 0 Å². The van der Waals surface area contributed by atoms with Gasteiger partial charge in [-0.25, -0.2) is 17.6 Å². The first-order chi connectivity index (χ1) is 7.42. The molecule has 16 heavy (non-hydrogen) atoms. The SMILES string of the molecule is [NH]Cc1ccc(C(O)(C(F)F)C(F)F)cc1. The first-order valence-electron chi connectivity index (χ1n) is 4.45. The summed E-state index contributed by atoms with van der Waals surface area (Å²) in [5.41, 5.74) is 3.48. The zero-order chi connectivity index (χ0) is 12.3. The summed E-state index contributed by atoms with van der Waals surface area (Å²) in [5, 5.41) is 9.25. The van der Waals surface area contributed by atoms with E-state index in [1.807, 2.05) is 0 Å². The Balaban J connectivity index is 3.12. The first kappa shape index (κ1) is 12.9. The molecule has 0 saturated carbocycles. The van der Waals surface area contributed by atoms with E-state index >= 15 is 0 Å². The van der Waals surface area contributed by atoms with E-state index in [2.05, 4.69) is 0 Å². The molecule has 0 fully saturated rings. The van der Waals surface area contributed by atoms with Crippen molar-refractivity contribution < 1.29 is 22.7 Å². The third-order valence-electron chi connectivity index (χ3n) is 2.29. The lowest BCUT2D eigenvalue weighted by atomic mass is 9.94. The van der Waals surface area contributed by atoms with Gasteiger partial charge in [0.15, 0.2) is 0 Å². The van der Waals surface area contributed by atoms with Gasteiger partial charge in [-0.2, -0.15) is 0 Å². The first-order valence-corrected chi connectivity index (χ1v) is 4.45. The molecule has 0 amide bonds. The number of halogens is 4. The Labute approximate surface area is 89.7 Å². The van der Waals surface area contributed by atoms with E-state index in [4.69, 9.17) is 5.73 Å². The van der Waals surface area contributed by atoms with Gasteiger partial charge in [0.1, 0.15) is 0 Å². The zero-order valence-electron chi connectivity index (χ0n) is 8.13. The van der Waals surface area contributed by atoms with Crippen LogP contribution in [0.4, 0.5) is 17.6 Å². The number of benzene rings is 1. The second kappa shape index (κ2) is 4.80. The molecule has 0 atom stereocenters. The molecule has 0 bridgehead atoms. The number of hydrogen-bond donors (Lipinski definition) is 1. The van der Waals surface area contributed by atoms with E-state index in [1.165, 1.54) is 12.1 Å². The minimum atomic E-state index is -3.57. The number of nitrogens with one attached hydrogen (secondary N) is 1. The van der Waals surface area contributed by atoms with E-state index in [9.17, 15) is 22.7 Å². The van der Waals surface area contributed by atoms with E-state index in [0.29, 0.717) is 5.56 Å². The average molecular weight is 236 g/mol. The highest BCUT2D eigenvalue weighted by Gasteiger charge is 2.48. The molecule has 89 valence electrons. The highest BCUT2D eigenvalue weighted by atomic mass is 19.3. The fourth-order valence-electron chi connectivity index (χ4n) is 1.24. The molecule has 0 aliphatic carbocycles. The zero-order valence-corrected chi connectivity index (χ0v) is 8.13. The lowest BCUT2D eigenvalue weighted by Gasteiger charge is -2.26. The van der Waals surface area contributed by atoms with Gasteiger partial charge in [-0.3, -0.25) is 5.73 Å². The number of rotatable bonds is 4. The van der Waals surface area contributed by atoms with Gasteiger partial charge in [-0.1, -0.05) is 24.3 Å². The average Bonchev–Trinajstić information content (AvgIpc) is 2.27. The van der Waals surface area contributed by atoms with Crippen LogP contribution in [-0.2, 0) is 12.1 Å². The Morgan fingerprint density at radius 3 is 1.81 bits per heavy atom. The van der Waals surface area contributed by atoms with Gasteiger partial charge < -0.3 is 5.11 Å². The highest BCUT2D eigenvalue weighted by molar-refractivity contribution is 5.28. The standard InChI is InChI=1S/C10H10F4NO/c11-8(12)10(16,9(13)14)7-3-1-6(5-15)2-4-7/h1-4,8-9,15-16H,5H2. The molecule has 1 aromatic carbocycles. The van der Waals surface area contributed by atoms with Crippen LogP contribution in [0.3, 0.4) is 0 Å². The smallest absolute Gasteiger partial charge is 0.276 e. The Hall–Kier alpha value is -1.14. The Kier molecular flexibility index (Phi) is 3.88. The molecule has 0 saturated heterocycles. The molecule has 6 heteroatoms. The summed E-state index contributed by atoms with van der Waals surface area (Å²) in [5.74, 6) is 0. The summed E-state index contributed by atoms with van der Waals surface area (Å²) in [6.07, 6.45) is -7.15.